The average molecular weight is 390 g/mol. The van der Waals surface area contributed by atoms with Crippen LogP contribution in [0.2, 0.25) is 0 Å². The van der Waals surface area contributed by atoms with Gasteiger partial charge in [-0.25, -0.2) is 8.42 Å². The van der Waals surface area contributed by atoms with Crippen molar-refractivity contribution in [1.82, 2.24) is 9.46 Å². The molecule has 0 amide bonds. The summed E-state index contributed by atoms with van der Waals surface area (Å²) in [6, 6.07) is 14.8. The molecule has 1 atom stereocenters. The van der Waals surface area contributed by atoms with E-state index in [1.165, 1.54) is 0 Å². The SMILES string of the molecule is COc1ccc(C2SCCN2S(=O)(=O)Cc2noc3ccccc23)cc1. The topological polar surface area (TPSA) is 72.6 Å². The van der Waals surface area contributed by atoms with Gasteiger partial charge in [0, 0.05) is 17.7 Å². The van der Waals surface area contributed by atoms with Crippen LogP contribution in [0.3, 0.4) is 0 Å². The molecule has 0 radical (unpaired) electrons. The van der Waals surface area contributed by atoms with E-state index in [4.69, 9.17) is 9.26 Å². The first-order valence-corrected chi connectivity index (χ1v) is 10.8. The van der Waals surface area contributed by atoms with Crippen LogP contribution < -0.4 is 4.74 Å². The summed E-state index contributed by atoms with van der Waals surface area (Å²) in [6.45, 7) is 0.486. The second-order valence-electron chi connectivity index (χ2n) is 5.99. The zero-order valence-corrected chi connectivity index (χ0v) is 15.8. The molecule has 0 aliphatic carbocycles. The maximum absolute atomic E-state index is 13.1. The minimum atomic E-state index is -3.53. The van der Waals surface area contributed by atoms with Crippen LogP contribution in [0.5, 0.6) is 5.75 Å². The van der Waals surface area contributed by atoms with Crippen molar-refractivity contribution in [3.05, 3.63) is 59.8 Å². The first kappa shape index (κ1) is 17.4. The van der Waals surface area contributed by atoms with Crippen LogP contribution in [-0.2, 0) is 15.8 Å². The van der Waals surface area contributed by atoms with Crippen molar-refractivity contribution < 1.29 is 17.7 Å². The van der Waals surface area contributed by atoms with E-state index in [0.29, 0.717) is 17.8 Å². The van der Waals surface area contributed by atoms with E-state index in [1.807, 2.05) is 42.5 Å². The van der Waals surface area contributed by atoms with Crippen molar-refractivity contribution >= 4 is 32.8 Å². The number of aromatic nitrogens is 1. The Kier molecular flexibility index (Phi) is 4.64. The number of ether oxygens (including phenoxy) is 1. The number of rotatable bonds is 5. The normalized spacial score (nSPS) is 18.4. The number of thioether (sulfide) groups is 1. The summed E-state index contributed by atoms with van der Waals surface area (Å²) >= 11 is 1.62. The van der Waals surface area contributed by atoms with Gasteiger partial charge < -0.3 is 9.26 Å². The van der Waals surface area contributed by atoms with Crippen molar-refractivity contribution in [3.8, 4) is 5.75 Å². The van der Waals surface area contributed by atoms with Gasteiger partial charge in [-0.15, -0.1) is 11.8 Å². The second kappa shape index (κ2) is 6.94. The number of nitrogens with zero attached hydrogens (tertiary/aromatic N) is 2. The summed E-state index contributed by atoms with van der Waals surface area (Å²) in [5, 5.41) is 4.48. The van der Waals surface area contributed by atoms with Gasteiger partial charge in [0.2, 0.25) is 10.0 Å². The molecule has 0 saturated carbocycles. The third kappa shape index (κ3) is 3.20. The van der Waals surface area contributed by atoms with Gasteiger partial charge in [-0.2, -0.15) is 4.31 Å². The molecule has 1 saturated heterocycles. The van der Waals surface area contributed by atoms with Gasteiger partial charge in [0.15, 0.2) is 5.58 Å². The molecule has 1 aromatic heterocycles. The molecular formula is C18H18N2O4S2. The fourth-order valence-electron chi connectivity index (χ4n) is 3.07. The van der Waals surface area contributed by atoms with Crippen LogP contribution >= 0.6 is 11.8 Å². The van der Waals surface area contributed by atoms with Gasteiger partial charge in [0.25, 0.3) is 0 Å². The van der Waals surface area contributed by atoms with Crippen LogP contribution in [0, 0.1) is 0 Å². The van der Waals surface area contributed by atoms with Crippen LogP contribution in [0.15, 0.2) is 53.1 Å². The van der Waals surface area contributed by atoms with Crippen LogP contribution in [0.4, 0.5) is 0 Å². The highest BCUT2D eigenvalue weighted by Crippen LogP contribution is 2.41. The maximum Gasteiger partial charge on any atom is 0.221 e. The molecule has 1 aliphatic heterocycles. The Bertz CT molecular complexity index is 1020. The number of hydrogen-bond acceptors (Lipinski definition) is 6. The zero-order chi connectivity index (χ0) is 18.1. The number of hydrogen-bond donors (Lipinski definition) is 0. The fraction of sp³-hybridized carbons (Fsp3) is 0.278. The number of fused-ring (bicyclic) bond motifs is 1. The van der Waals surface area contributed by atoms with Gasteiger partial charge in [0.1, 0.15) is 17.2 Å². The maximum atomic E-state index is 13.1. The second-order valence-corrected chi connectivity index (χ2v) is 9.10. The lowest BCUT2D eigenvalue weighted by molar-refractivity contribution is 0.413. The summed E-state index contributed by atoms with van der Waals surface area (Å²) < 4.78 is 38.1. The monoisotopic (exact) mass is 390 g/mol. The van der Waals surface area contributed by atoms with E-state index < -0.39 is 10.0 Å². The van der Waals surface area contributed by atoms with E-state index in [1.54, 1.807) is 29.2 Å². The van der Waals surface area contributed by atoms with Crippen LogP contribution in [0.1, 0.15) is 16.6 Å². The van der Waals surface area contributed by atoms with Gasteiger partial charge in [-0.3, -0.25) is 0 Å². The van der Waals surface area contributed by atoms with Crippen molar-refractivity contribution in [2.24, 2.45) is 0 Å². The smallest absolute Gasteiger partial charge is 0.221 e. The third-order valence-corrected chi connectivity index (χ3v) is 7.52. The van der Waals surface area contributed by atoms with E-state index in [0.717, 1.165) is 22.5 Å². The molecule has 3 aromatic rings. The van der Waals surface area contributed by atoms with Crippen molar-refractivity contribution in [3.63, 3.8) is 0 Å². The molecule has 2 aromatic carbocycles. The van der Waals surface area contributed by atoms with E-state index >= 15 is 0 Å². The lowest BCUT2D eigenvalue weighted by Gasteiger charge is -2.23. The molecule has 0 N–H and O–H groups in total. The fourth-order valence-corrected chi connectivity index (χ4v) is 6.41. The first-order valence-electron chi connectivity index (χ1n) is 8.17. The molecule has 0 bridgehead atoms. The third-order valence-electron chi connectivity index (χ3n) is 4.38. The number of sulfonamides is 1. The average Bonchev–Trinajstić information content (AvgIpc) is 3.30. The number of para-hydroxylation sites is 1. The predicted molar refractivity (Wildman–Crippen MR) is 102 cm³/mol. The number of methoxy groups -OCH3 is 1. The number of benzene rings is 2. The highest BCUT2D eigenvalue weighted by atomic mass is 32.2. The molecule has 1 aliphatic rings. The van der Waals surface area contributed by atoms with E-state index in [9.17, 15) is 8.42 Å². The molecule has 1 unspecified atom stereocenters. The predicted octanol–water partition coefficient (Wildman–Crippen LogP) is 3.41. The van der Waals surface area contributed by atoms with Crippen molar-refractivity contribution in [2.75, 3.05) is 19.4 Å². The Labute approximate surface area is 156 Å². The van der Waals surface area contributed by atoms with Crippen molar-refractivity contribution in [1.29, 1.82) is 0 Å². The minimum Gasteiger partial charge on any atom is -0.497 e. The summed E-state index contributed by atoms with van der Waals surface area (Å²) in [5.41, 5.74) is 1.99. The summed E-state index contributed by atoms with van der Waals surface area (Å²) in [4.78, 5) is 0. The van der Waals surface area contributed by atoms with Gasteiger partial charge >= 0.3 is 0 Å². The molecule has 1 fully saturated rings. The van der Waals surface area contributed by atoms with Crippen molar-refractivity contribution in [2.45, 2.75) is 11.1 Å². The van der Waals surface area contributed by atoms with Gasteiger partial charge in [0.05, 0.1) is 12.5 Å². The molecule has 136 valence electrons. The van der Waals surface area contributed by atoms with Gasteiger partial charge in [-0.05, 0) is 29.8 Å². The summed E-state index contributed by atoms with van der Waals surface area (Å²) in [5.74, 6) is 1.34. The Hall–Kier alpha value is -2.03. The molecule has 26 heavy (non-hydrogen) atoms. The first-order chi connectivity index (χ1) is 12.6. The summed E-state index contributed by atoms with van der Waals surface area (Å²) in [6.07, 6.45) is 0. The standard InChI is InChI=1S/C18H18N2O4S2/c1-23-14-8-6-13(7-9-14)18-20(10-11-25-18)26(21,22)12-16-15-4-2-3-5-17(15)24-19-16/h2-9,18H,10-12H2,1H3. The Morgan fingerprint density at radius 3 is 2.77 bits per heavy atom. The largest absolute Gasteiger partial charge is 0.497 e. The molecule has 2 heterocycles. The Morgan fingerprint density at radius 1 is 1.23 bits per heavy atom. The molecule has 8 heteroatoms. The quantitative estimate of drug-likeness (QED) is 0.665. The molecule has 4 rings (SSSR count). The summed E-state index contributed by atoms with van der Waals surface area (Å²) in [7, 11) is -1.92. The lowest BCUT2D eigenvalue weighted by Crippen LogP contribution is -2.31. The lowest BCUT2D eigenvalue weighted by atomic mass is 10.2. The molecule has 0 spiro atoms. The van der Waals surface area contributed by atoms with Crippen LogP contribution in [-0.4, -0.2) is 37.3 Å². The Morgan fingerprint density at radius 2 is 2.00 bits per heavy atom. The minimum absolute atomic E-state index is 0.169. The van der Waals surface area contributed by atoms with Gasteiger partial charge in [-0.1, -0.05) is 29.4 Å². The van der Waals surface area contributed by atoms with E-state index in [2.05, 4.69) is 5.16 Å². The highest BCUT2D eigenvalue weighted by Gasteiger charge is 2.36. The van der Waals surface area contributed by atoms with Crippen LogP contribution in [0.25, 0.3) is 11.0 Å². The van der Waals surface area contributed by atoms with E-state index in [-0.39, 0.29) is 11.1 Å². The zero-order valence-electron chi connectivity index (χ0n) is 14.2. The molecule has 6 nitrogen and oxygen atoms in total. The Balaban J connectivity index is 1.61. The highest BCUT2D eigenvalue weighted by molar-refractivity contribution is 8.00. The molecular weight excluding hydrogens is 372 g/mol.